The van der Waals surface area contributed by atoms with Crippen LogP contribution in [-0.2, 0) is 10.0 Å². The van der Waals surface area contributed by atoms with Gasteiger partial charge in [0.25, 0.3) is 6.43 Å². The van der Waals surface area contributed by atoms with Gasteiger partial charge in [-0.05, 0) is 12.1 Å². The van der Waals surface area contributed by atoms with Gasteiger partial charge in [-0.3, -0.25) is 0 Å². The van der Waals surface area contributed by atoms with Gasteiger partial charge in [-0.2, -0.15) is 0 Å². The minimum atomic E-state index is -3.72. The van der Waals surface area contributed by atoms with Crippen LogP contribution in [0.25, 0.3) is 0 Å². The number of anilines is 1. The average Bonchev–Trinajstić information content (AvgIpc) is 2.38. The third-order valence-corrected chi connectivity index (χ3v) is 4.18. The molecule has 0 saturated heterocycles. The van der Waals surface area contributed by atoms with Gasteiger partial charge in [0.05, 0.1) is 12.2 Å². The van der Waals surface area contributed by atoms with Crippen LogP contribution < -0.4 is 15.4 Å². The summed E-state index contributed by atoms with van der Waals surface area (Å²) in [7, 11) is -3.72. The fourth-order valence-electron chi connectivity index (χ4n) is 1.85. The van der Waals surface area contributed by atoms with Crippen LogP contribution in [-0.4, -0.2) is 41.0 Å². The van der Waals surface area contributed by atoms with E-state index in [4.69, 9.17) is 5.73 Å². The summed E-state index contributed by atoms with van der Waals surface area (Å²) in [5, 5.41) is 0. The lowest BCUT2D eigenvalue weighted by atomic mass is 10.3. The molecule has 0 aromatic heterocycles. The minimum Gasteiger partial charge on any atom is -0.363 e. The van der Waals surface area contributed by atoms with Gasteiger partial charge in [0.15, 0.2) is 0 Å². The molecule has 0 radical (unpaired) electrons. The molecule has 0 aliphatic rings. The minimum absolute atomic E-state index is 0.0176. The predicted octanol–water partition coefficient (Wildman–Crippen LogP) is 1.01. The Bertz CT molecular complexity index is 523. The Hall–Kier alpha value is -1.25. The molecule has 1 rings (SSSR count). The Kier molecular flexibility index (Phi) is 6.31. The van der Waals surface area contributed by atoms with E-state index in [1.165, 1.54) is 17.0 Å². The number of para-hydroxylation sites is 1. The fourth-order valence-corrected chi connectivity index (χ4v) is 3.11. The molecule has 0 amide bonds. The zero-order valence-corrected chi connectivity index (χ0v) is 12.0. The summed E-state index contributed by atoms with van der Waals surface area (Å²) in [6.07, 6.45) is -2.57. The molecule has 20 heavy (non-hydrogen) atoms. The number of alkyl halides is 2. The molecule has 0 bridgehead atoms. The van der Waals surface area contributed by atoms with E-state index in [9.17, 15) is 17.2 Å². The lowest BCUT2D eigenvalue weighted by Crippen LogP contribution is -2.35. The highest BCUT2D eigenvalue weighted by Crippen LogP contribution is 2.25. The first-order chi connectivity index (χ1) is 9.42. The van der Waals surface area contributed by atoms with Crippen molar-refractivity contribution in [3.63, 3.8) is 0 Å². The van der Waals surface area contributed by atoms with Gasteiger partial charge < -0.3 is 10.6 Å². The van der Waals surface area contributed by atoms with Crippen molar-refractivity contribution in [3.05, 3.63) is 24.3 Å². The predicted molar refractivity (Wildman–Crippen MR) is 74.6 cm³/mol. The lowest BCUT2D eigenvalue weighted by Gasteiger charge is -2.26. The van der Waals surface area contributed by atoms with E-state index in [1.807, 2.05) is 0 Å². The normalized spacial score (nSPS) is 11.8. The van der Waals surface area contributed by atoms with Crippen molar-refractivity contribution in [3.8, 4) is 0 Å². The molecule has 0 saturated carbocycles. The summed E-state index contributed by atoms with van der Waals surface area (Å²) in [5.74, 6) is 0. The van der Waals surface area contributed by atoms with Crippen molar-refractivity contribution >= 4 is 15.7 Å². The number of benzene rings is 1. The van der Waals surface area contributed by atoms with Crippen molar-refractivity contribution in [2.24, 2.45) is 5.73 Å². The van der Waals surface area contributed by atoms with Gasteiger partial charge in [-0.15, -0.1) is 0 Å². The quantitative estimate of drug-likeness (QED) is 0.752. The summed E-state index contributed by atoms with van der Waals surface area (Å²) in [6.45, 7) is 1.63. The highest BCUT2D eigenvalue weighted by Gasteiger charge is 2.22. The van der Waals surface area contributed by atoms with Crippen molar-refractivity contribution in [2.45, 2.75) is 18.2 Å². The van der Waals surface area contributed by atoms with Crippen LogP contribution >= 0.6 is 0 Å². The Morgan fingerprint density at radius 1 is 1.35 bits per heavy atom. The molecule has 1 aromatic rings. The first-order valence-corrected chi connectivity index (χ1v) is 7.72. The van der Waals surface area contributed by atoms with Crippen molar-refractivity contribution in [2.75, 3.05) is 31.1 Å². The number of halogens is 2. The van der Waals surface area contributed by atoms with Gasteiger partial charge in [-0.25, -0.2) is 21.9 Å². The summed E-state index contributed by atoms with van der Waals surface area (Å²) in [5.41, 5.74) is 5.64. The van der Waals surface area contributed by atoms with Crippen molar-refractivity contribution in [1.29, 1.82) is 0 Å². The molecule has 3 N–H and O–H groups in total. The van der Waals surface area contributed by atoms with E-state index in [1.54, 1.807) is 19.1 Å². The van der Waals surface area contributed by atoms with Crippen LogP contribution in [0.1, 0.15) is 6.92 Å². The molecule has 114 valence electrons. The molecular weight excluding hydrogens is 288 g/mol. The molecule has 0 fully saturated rings. The summed E-state index contributed by atoms with van der Waals surface area (Å²) < 4.78 is 51.8. The van der Waals surface area contributed by atoms with Crippen LogP contribution in [0.4, 0.5) is 14.5 Å². The van der Waals surface area contributed by atoms with Crippen LogP contribution in [0.5, 0.6) is 0 Å². The van der Waals surface area contributed by atoms with Gasteiger partial charge in [0, 0.05) is 19.6 Å². The van der Waals surface area contributed by atoms with Gasteiger partial charge in [0.2, 0.25) is 10.0 Å². The van der Waals surface area contributed by atoms with E-state index in [-0.39, 0.29) is 30.2 Å². The largest absolute Gasteiger partial charge is 0.363 e. The smallest absolute Gasteiger partial charge is 0.255 e. The molecule has 0 aliphatic heterocycles. The third kappa shape index (κ3) is 4.39. The Morgan fingerprint density at radius 2 is 2.00 bits per heavy atom. The molecule has 0 unspecified atom stereocenters. The Morgan fingerprint density at radius 3 is 2.55 bits per heavy atom. The summed E-state index contributed by atoms with van der Waals surface area (Å²) in [4.78, 5) is 1.27. The van der Waals surface area contributed by atoms with Gasteiger partial charge >= 0.3 is 0 Å². The monoisotopic (exact) mass is 307 g/mol. The number of sulfonamides is 1. The second kappa shape index (κ2) is 7.51. The fraction of sp³-hybridized carbons (Fsp3) is 0.500. The molecule has 0 atom stereocenters. The number of rotatable bonds is 8. The number of nitrogens with one attached hydrogen (secondary N) is 1. The zero-order chi connectivity index (χ0) is 15.2. The maximum absolute atomic E-state index is 12.6. The van der Waals surface area contributed by atoms with Crippen LogP contribution in [0.2, 0.25) is 0 Å². The SMILES string of the molecule is CCNS(=O)(=O)c1ccccc1N(CCN)CC(F)F. The first-order valence-electron chi connectivity index (χ1n) is 6.24. The zero-order valence-electron chi connectivity index (χ0n) is 11.2. The van der Waals surface area contributed by atoms with Crippen molar-refractivity contribution in [1.82, 2.24) is 4.72 Å². The average molecular weight is 307 g/mol. The molecule has 0 spiro atoms. The third-order valence-electron chi connectivity index (χ3n) is 2.59. The maximum Gasteiger partial charge on any atom is 0.255 e. The van der Waals surface area contributed by atoms with Gasteiger partial charge in [-0.1, -0.05) is 19.1 Å². The lowest BCUT2D eigenvalue weighted by molar-refractivity contribution is 0.155. The summed E-state index contributed by atoms with van der Waals surface area (Å²) >= 11 is 0. The van der Waals surface area contributed by atoms with E-state index < -0.39 is 23.0 Å². The van der Waals surface area contributed by atoms with Crippen LogP contribution in [0.3, 0.4) is 0 Å². The topological polar surface area (TPSA) is 75.4 Å². The van der Waals surface area contributed by atoms with E-state index >= 15 is 0 Å². The van der Waals surface area contributed by atoms with Crippen LogP contribution in [0.15, 0.2) is 29.2 Å². The number of hydrogen-bond donors (Lipinski definition) is 2. The van der Waals surface area contributed by atoms with Gasteiger partial charge in [0.1, 0.15) is 4.90 Å². The molecule has 5 nitrogen and oxygen atoms in total. The maximum atomic E-state index is 12.6. The van der Waals surface area contributed by atoms with E-state index in [2.05, 4.69) is 4.72 Å². The number of nitrogens with zero attached hydrogens (tertiary/aromatic N) is 1. The molecule has 0 heterocycles. The highest BCUT2D eigenvalue weighted by atomic mass is 32.2. The van der Waals surface area contributed by atoms with E-state index in [0.717, 1.165) is 0 Å². The Balaban J connectivity index is 3.22. The van der Waals surface area contributed by atoms with Crippen LogP contribution in [0, 0.1) is 0 Å². The summed E-state index contributed by atoms with van der Waals surface area (Å²) in [6, 6.07) is 6.05. The highest BCUT2D eigenvalue weighted by molar-refractivity contribution is 7.89. The number of hydrogen-bond acceptors (Lipinski definition) is 4. The van der Waals surface area contributed by atoms with Crippen molar-refractivity contribution < 1.29 is 17.2 Å². The first kappa shape index (κ1) is 16.8. The van der Waals surface area contributed by atoms with E-state index in [0.29, 0.717) is 0 Å². The number of nitrogens with two attached hydrogens (primary N) is 1. The molecule has 1 aromatic carbocycles. The molecule has 8 heteroatoms. The second-order valence-electron chi connectivity index (χ2n) is 4.09. The molecular formula is C12H19F2N3O2S. The molecule has 0 aliphatic carbocycles. The Labute approximate surface area is 117 Å². The second-order valence-corrected chi connectivity index (χ2v) is 5.83. The standard InChI is InChI=1S/C12H19F2N3O2S/c1-2-16-20(18,19)11-6-4-3-5-10(11)17(8-7-15)9-12(13)14/h3-6,12,16H,2,7-9,15H2,1H3.